The summed E-state index contributed by atoms with van der Waals surface area (Å²) in [6, 6.07) is 8.64. The molecule has 3 rings (SSSR count). The topological polar surface area (TPSA) is 17.8 Å². The number of halogens is 1. The first-order chi connectivity index (χ1) is 8.66. The van der Waals surface area contributed by atoms with Crippen molar-refractivity contribution in [3.05, 3.63) is 41.0 Å². The molecule has 92 valence electrons. The van der Waals surface area contributed by atoms with Gasteiger partial charge in [0.05, 0.1) is 16.1 Å². The Labute approximate surface area is 115 Å². The molecule has 2 aromatic heterocycles. The largest absolute Gasteiger partial charge is 0.337 e. The molecule has 1 aromatic carbocycles. The fraction of sp³-hybridized carbons (Fsp3) is 0.214. The molecule has 0 aliphatic carbocycles. The van der Waals surface area contributed by atoms with Crippen LogP contribution < -0.4 is 0 Å². The van der Waals surface area contributed by atoms with Gasteiger partial charge >= 0.3 is 0 Å². The fourth-order valence-electron chi connectivity index (χ4n) is 2.30. The van der Waals surface area contributed by atoms with Gasteiger partial charge in [-0.25, -0.2) is 0 Å². The SMILES string of the molecule is CC(C)n1c(-c2cncs2)cc2cc(Cl)ccc21. The Bertz CT molecular complexity index is 683. The van der Waals surface area contributed by atoms with Gasteiger partial charge in [-0.2, -0.15) is 0 Å². The molecular formula is C14H13ClN2S. The molecule has 0 amide bonds. The minimum absolute atomic E-state index is 0.403. The lowest BCUT2D eigenvalue weighted by Gasteiger charge is -2.13. The van der Waals surface area contributed by atoms with Crippen LogP contribution in [0.4, 0.5) is 0 Å². The summed E-state index contributed by atoms with van der Waals surface area (Å²) in [6.45, 7) is 4.39. The molecule has 3 aromatic rings. The number of benzene rings is 1. The number of hydrogen-bond acceptors (Lipinski definition) is 2. The summed E-state index contributed by atoms with van der Waals surface area (Å²) in [5.74, 6) is 0. The Morgan fingerprint density at radius 3 is 2.78 bits per heavy atom. The molecule has 2 heterocycles. The van der Waals surface area contributed by atoms with Crippen LogP contribution in [0, 0.1) is 0 Å². The van der Waals surface area contributed by atoms with Gasteiger partial charge in [0, 0.05) is 28.2 Å². The molecule has 0 fully saturated rings. The van der Waals surface area contributed by atoms with Crippen molar-refractivity contribution in [3.63, 3.8) is 0 Å². The van der Waals surface area contributed by atoms with Gasteiger partial charge in [0.2, 0.25) is 0 Å². The number of thiazole rings is 1. The third-order valence-electron chi connectivity index (χ3n) is 3.00. The van der Waals surface area contributed by atoms with Crippen LogP contribution in [-0.2, 0) is 0 Å². The van der Waals surface area contributed by atoms with Crippen LogP contribution in [0.1, 0.15) is 19.9 Å². The predicted octanol–water partition coefficient (Wildman–Crippen LogP) is 5.00. The minimum atomic E-state index is 0.403. The summed E-state index contributed by atoms with van der Waals surface area (Å²) in [6.07, 6.45) is 1.92. The van der Waals surface area contributed by atoms with Crippen LogP contribution in [0.5, 0.6) is 0 Å². The summed E-state index contributed by atoms with van der Waals surface area (Å²) in [7, 11) is 0. The number of rotatable bonds is 2. The van der Waals surface area contributed by atoms with E-state index in [2.05, 4.69) is 35.5 Å². The lowest BCUT2D eigenvalue weighted by molar-refractivity contribution is 0.629. The van der Waals surface area contributed by atoms with Crippen molar-refractivity contribution in [3.8, 4) is 10.6 Å². The zero-order chi connectivity index (χ0) is 12.7. The molecule has 0 atom stereocenters. The van der Waals surface area contributed by atoms with E-state index in [4.69, 9.17) is 11.6 Å². The maximum Gasteiger partial charge on any atom is 0.0798 e. The molecule has 0 unspecified atom stereocenters. The third kappa shape index (κ3) is 1.84. The molecule has 0 saturated heterocycles. The first kappa shape index (κ1) is 11.8. The van der Waals surface area contributed by atoms with Gasteiger partial charge in [-0.15, -0.1) is 11.3 Å². The normalized spacial score (nSPS) is 11.6. The number of hydrogen-bond donors (Lipinski definition) is 0. The van der Waals surface area contributed by atoms with E-state index in [-0.39, 0.29) is 0 Å². The highest BCUT2D eigenvalue weighted by atomic mass is 35.5. The summed E-state index contributed by atoms with van der Waals surface area (Å²) in [5.41, 5.74) is 4.30. The zero-order valence-corrected chi connectivity index (χ0v) is 11.8. The van der Waals surface area contributed by atoms with Crippen LogP contribution in [-0.4, -0.2) is 9.55 Å². The Balaban J connectivity index is 2.34. The van der Waals surface area contributed by atoms with E-state index in [0.717, 1.165) is 5.02 Å². The van der Waals surface area contributed by atoms with Gasteiger partial charge in [0.15, 0.2) is 0 Å². The quantitative estimate of drug-likeness (QED) is 0.644. The molecular weight excluding hydrogens is 264 g/mol. The predicted molar refractivity (Wildman–Crippen MR) is 78.4 cm³/mol. The van der Waals surface area contributed by atoms with Crippen molar-refractivity contribution < 1.29 is 0 Å². The van der Waals surface area contributed by atoms with Crippen LogP contribution in [0.25, 0.3) is 21.5 Å². The number of fused-ring (bicyclic) bond motifs is 1. The maximum atomic E-state index is 6.07. The van der Waals surface area contributed by atoms with Crippen LogP contribution in [0.3, 0.4) is 0 Å². The lowest BCUT2D eigenvalue weighted by atomic mass is 10.2. The van der Waals surface area contributed by atoms with E-state index in [1.807, 2.05) is 23.8 Å². The van der Waals surface area contributed by atoms with Crippen molar-refractivity contribution >= 4 is 33.8 Å². The summed E-state index contributed by atoms with van der Waals surface area (Å²) in [5, 5.41) is 1.96. The molecule has 2 nitrogen and oxygen atoms in total. The highest BCUT2D eigenvalue weighted by molar-refractivity contribution is 7.13. The first-order valence-corrected chi connectivity index (χ1v) is 7.12. The van der Waals surface area contributed by atoms with Crippen LogP contribution in [0.2, 0.25) is 5.02 Å². The minimum Gasteiger partial charge on any atom is -0.337 e. The third-order valence-corrected chi connectivity index (χ3v) is 4.03. The number of nitrogens with zero attached hydrogens (tertiary/aromatic N) is 2. The standard InChI is InChI=1S/C14H13ClN2S/c1-9(2)17-12-4-3-11(15)5-10(12)6-13(17)14-7-16-8-18-14/h3-9H,1-2H3. The second-order valence-corrected chi connectivity index (χ2v) is 5.88. The van der Waals surface area contributed by atoms with Gasteiger partial charge < -0.3 is 4.57 Å². The average Bonchev–Trinajstić information content (AvgIpc) is 2.93. The molecule has 0 radical (unpaired) electrons. The number of aromatic nitrogens is 2. The summed E-state index contributed by atoms with van der Waals surface area (Å²) < 4.78 is 2.33. The van der Waals surface area contributed by atoms with Crippen LogP contribution >= 0.6 is 22.9 Å². The van der Waals surface area contributed by atoms with Gasteiger partial charge in [0.25, 0.3) is 0 Å². The van der Waals surface area contributed by atoms with Gasteiger partial charge in [-0.3, -0.25) is 4.98 Å². The Hall–Kier alpha value is -1.32. The van der Waals surface area contributed by atoms with Crippen molar-refractivity contribution in [1.82, 2.24) is 9.55 Å². The molecule has 0 N–H and O–H groups in total. The van der Waals surface area contributed by atoms with Gasteiger partial charge in [0.1, 0.15) is 0 Å². The van der Waals surface area contributed by atoms with Crippen molar-refractivity contribution in [2.75, 3.05) is 0 Å². The summed E-state index contributed by atoms with van der Waals surface area (Å²) >= 11 is 7.73. The maximum absolute atomic E-state index is 6.07. The van der Waals surface area contributed by atoms with E-state index in [9.17, 15) is 0 Å². The average molecular weight is 277 g/mol. The molecule has 0 bridgehead atoms. The first-order valence-electron chi connectivity index (χ1n) is 5.86. The molecule has 0 spiro atoms. The Morgan fingerprint density at radius 2 is 2.11 bits per heavy atom. The fourth-order valence-corrected chi connectivity index (χ4v) is 3.11. The molecule has 0 saturated carbocycles. The van der Waals surface area contributed by atoms with Crippen molar-refractivity contribution in [1.29, 1.82) is 0 Å². The highest BCUT2D eigenvalue weighted by Crippen LogP contribution is 2.34. The van der Waals surface area contributed by atoms with Crippen molar-refractivity contribution in [2.45, 2.75) is 19.9 Å². The van der Waals surface area contributed by atoms with Gasteiger partial charge in [-0.05, 0) is 38.1 Å². The molecule has 0 aliphatic rings. The lowest BCUT2D eigenvalue weighted by Crippen LogP contribution is -2.01. The molecule has 4 heteroatoms. The van der Waals surface area contributed by atoms with E-state index in [0.29, 0.717) is 6.04 Å². The van der Waals surface area contributed by atoms with Crippen molar-refractivity contribution in [2.24, 2.45) is 0 Å². The summed E-state index contributed by atoms with van der Waals surface area (Å²) in [4.78, 5) is 5.36. The Kier molecular flexibility index (Phi) is 2.88. The van der Waals surface area contributed by atoms with E-state index in [1.165, 1.54) is 21.5 Å². The van der Waals surface area contributed by atoms with Gasteiger partial charge in [-0.1, -0.05) is 11.6 Å². The van der Waals surface area contributed by atoms with E-state index in [1.54, 1.807) is 11.3 Å². The monoisotopic (exact) mass is 276 g/mol. The second-order valence-electron chi connectivity index (χ2n) is 4.56. The van der Waals surface area contributed by atoms with E-state index >= 15 is 0 Å². The van der Waals surface area contributed by atoms with Crippen LogP contribution in [0.15, 0.2) is 36.0 Å². The second kappa shape index (κ2) is 4.41. The Morgan fingerprint density at radius 1 is 1.28 bits per heavy atom. The molecule has 0 aliphatic heterocycles. The smallest absolute Gasteiger partial charge is 0.0798 e. The zero-order valence-electron chi connectivity index (χ0n) is 10.2. The van der Waals surface area contributed by atoms with E-state index < -0.39 is 0 Å². The highest BCUT2D eigenvalue weighted by Gasteiger charge is 2.14. The molecule has 18 heavy (non-hydrogen) atoms.